The number of benzene rings is 4. The molecule has 4 aromatic rings. The van der Waals surface area contributed by atoms with E-state index in [0.29, 0.717) is 41.3 Å². The summed E-state index contributed by atoms with van der Waals surface area (Å²) < 4.78 is 22.2. The molecule has 1 heterocycles. The Kier molecular flexibility index (Phi) is 10.9. The van der Waals surface area contributed by atoms with E-state index in [-0.39, 0.29) is 18.4 Å². The SMILES string of the molecule is COC(=O)c1ccc(OC(Oc2ccc(C(=O)OC)cc2)[C@@H]2CCCN2C(=O)Cc2ccc(NC(=O)Nc3ccccc3C)cc2)cc1. The Morgan fingerprint density at radius 1 is 0.750 bits per heavy atom. The second-order valence-corrected chi connectivity index (χ2v) is 11.2. The van der Waals surface area contributed by atoms with Gasteiger partial charge in [-0.15, -0.1) is 0 Å². The van der Waals surface area contributed by atoms with Crippen LogP contribution in [0.15, 0.2) is 97.1 Å². The third kappa shape index (κ3) is 8.49. The van der Waals surface area contributed by atoms with Crippen molar-refractivity contribution in [3.05, 3.63) is 119 Å². The number of nitrogens with zero attached hydrogens (tertiary/aromatic N) is 1. The van der Waals surface area contributed by atoms with Crippen molar-refractivity contribution in [2.45, 2.75) is 38.5 Å². The van der Waals surface area contributed by atoms with Gasteiger partial charge in [0.2, 0.25) is 5.91 Å². The number of urea groups is 1. The lowest BCUT2D eigenvalue weighted by atomic mass is 10.1. The Balaban J connectivity index is 1.27. The molecule has 1 saturated heterocycles. The van der Waals surface area contributed by atoms with Crippen molar-refractivity contribution in [1.82, 2.24) is 4.90 Å². The zero-order valence-electron chi connectivity index (χ0n) is 26.9. The molecule has 0 spiro atoms. The van der Waals surface area contributed by atoms with Gasteiger partial charge in [-0.3, -0.25) is 4.79 Å². The number of nitrogens with one attached hydrogen (secondary N) is 2. The highest BCUT2D eigenvalue weighted by atomic mass is 16.7. The van der Waals surface area contributed by atoms with E-state index >= 15 is 0 Å². The van der Waals surface area contributed by atoms with Gasteiger partial charge in [-0.2, -0.15) is 0 Å². The first-order valence-electron chi connectivity index (χ1n) is 15.5. The van der Waals surface area contributed by atoms with Gasteiger partial charge in [0.25, 0.3) is 6.29 Å². The number of anilines is 2. The molecule has 0 aromatic heterocycles. The van der Waals surface area contributed by atoms with Crippen LogP contribution >= 0.6 is 0 Å². The molecule has 0 unspecified atom stereocenters. The first-order valence-corrected chi connectivity index (χ1v) is 15.5. The molecule has 0 radical (unpaired) electrons. The van der Waals surface area contributed by atoms with Crippen LogP contribution in [-0.4, -0.2) is 61.9 Å². The Bertz CT molecular complexity index is 1680. The molecule has 5 rings (SSSR count). The van der Waals surface area contributed by atoms with Crippen molar-refractivity contribution in [3.63, 3.8) is 0 Å². The van der Waals surface area contributed by atoms with E-state index in [1.807, 2.05) is 43.3 Å². The predicted octanol–water partition coefficient (Wildman–Crippen LogP) is 6.23. The summed E-state index contributed by atoms with van der Waals surface area (Å²) in [4.78, 5) is 51.8. The molecule has 1 fully saturated rings. The lowest BCUT2D eigenvalue weighted by molar-refractivity contribution is -0.137. The molecule has 248 valence electrons. The number of carbonyl (C=O) groups is 4. The highest BCUT2D eigenvalue weighted by Gasteiger charge is 2.38. The lowest BCUT2D eigenvalue weighted by Gasteiger charge is -2.32. The van der Waals surface area contributed by atoms with Gasteiger partial charge < -0.3 is 34.5 Å². The normalized spacial score (nSPS) is 13.8. The van der Waals surface area contributed by atoms with E-state index in [0.717, 1.165) is 23.2 Å². The molecule has 0 aliphatic carbocycles. The number of hydrogen-bond acceptors (Lipinski definition) is 8. The van der Waals surface area contributed by atoms with Crippen molar-refractivity contribution in [1.29, 1.82) is 0 Å². The van der Waals surface area contributed by atoms with Crippen LogP contribution in [0.25, 0.3) is 0 Å². The highest BCUT2D eigenvalue weighted by molar-refractivity contribution is 6.00. The molecule has 3 amide bonds. The number of hydrogen-bond donors (Lipinski definition) is 2. The van der Waals surface area contributed by atoms with Gasteiger partial charge in [0.15, 0.2) is 0 Å². The number of ether oxygens (including phenoxy) is 4. The summed E-state index contributed by atoms with van der Waals surface area (Å²) in [6.45, 7) is 2.44. The number of amides is 3. The summed E-state index contributed by atoms with van der Waals surface area (Å²) >= 11 is 0. The maximum atomic E-state index is 13.7. The summed E-state index contributed by atoms with van der Waals surface area (Å²) in [5.41, 5.74) is 3.78. The zero-order valence-corrected chi connectivity index (χ0v) is 26.9. The Morgan fingerprint density at radius 2 is 1.31 bits per heavy atom. The maximum absolute atomic E-state index is 13.7. The molecule has 0 saturated carbocycles. The van der Waals surface area contributed by atoms with Gasteiger partial charge in [0.1, 0.15) is 17.5 Å². The van der Waals surface area contributed by atoms with Crippen molar-refractivity contribution in [2.24, 2.45) is 0 Å². The fraction of sp³-hybridized carbons (Fsp3) is 0.243. The first kappa shape index (κ1) is 33.5. The number of aryl methyl sites for hydroxylation is 1. The number of rotatable bonds is 11. The van der Waals surface area contributed by atoms with Crippen molar-refractivity contribution in [3.8, 4) is 11.5 Å². The van der Waals surface area contributed by atoms with Crippen molar-refractivity contribution >= 4 is 35.3 Å². The summed E-state index contributed by atoms with van der Waals surface area (Å²) in [6.07, 6.45) is 0.625. The van der Waals surface area contributed by atoms with Crippen LogP contribution in [0.1, 0.15) is 44.7 Å². The van der Waals surface area contributed by atoms with Crippen LogP contribution < -0.4 is 20.1 Å². The largest absolute Gasteiger partial charge is 0.465 e. The minimum Gasteiger partial charge on any atom is -0.465 e. The monoisotopic (exact) mass is 651 g/mol. The molecule has 11 nitrogen and oxygen atoms in total. The third-order valence-corrected chi connectivity index (χ3v) is 7.95. The standard InChI is InChI=1S/C37H37N3O8/c1-24-7-4-5-8-31(24)39-37(44)38-28-16-10-25(11-17-28)23-33(41)40-22-6-9-32(40)36(47-29-18-12-26(13-19-29)34(42)45-2)48-30-20-14-27(15-21-30)35(43)46-3/h4-5,7-8,10-21,32,36H,6,9,22-23H2,1-3H3,(H2,38,39,44)/t32-/m0/s1. The van der Waals surface area contributed by atoms with Crippen LogP contribution in [0.5, 0.6) is 11.5 Å². The zero-order chi connectivity index (χ0) is 34.0. The Morgan fingerprint density at radius 3 is 1.85 bits per heavy atom. The van der Waals surface area contributed by atoms with E-state index in [1.54, 1.807) is 65.6 Å². The van der Waals surface area contributed by atoms with Crippen LogP contribution in [0.2, 0.25) is 0 Å². The van der Waals surface area contributed by atoms with E-state index in [9.17, 15) is 19.2 Å². The number of esters is 2. The van der Waals surface area contributed by atoms with Crippen molar-refractivity contribution < 1.29 is 38.1 Å². The second-order valence-electron chi connectivity index (χ2n) is 11.2. The summed E-state index contributed by atoms with van der Waals surface area (Å²) in [7, 11) is 2.62. The second kappa shape index (κ2) is 15.6. The molecule has 0 bridgehead atoms. The van der Waals surface area contributed by atoms with Gasteiger partial charge in [-0.05, 0) is 97.6 Å². The van der Waals surface area contributed by atoms with Crippen LogP contribution in [0, 0.1) is 6.92 Å². The molecule has 48 heavy (non-hydrogen) atoms. The topological polar surface area (TPSA) is 132 Å². The van der Waals surface area contributed by atoms with E-state index in [1.165, 1.54) is 14.2 Å². The minimum absolute atomic E-state index is 0.102. The average molecular weight is 652 g/mol. The van der Waals surface area contributed by atoms with Gasteiger partial charge >= 0.3 is 18.0 Å². The molecule has 1 atom stereocenters. The summed E-state index contributed by atoms with van der Waals surface area (Å²) in [6, 6.07) is 26.8. The molecular weight excluding hydrogens is 614 g/mol. The lowest BCUT2D eigenvalue weighted by Crippen LogP contribution is -2.48. The average Bonchev–Trinajstić information content (AvgIpc) is 3.60. The van der Waals surface area contributed by atoms with Crippen LogP contribution in [0.3, 0.4) is 0 Å². The van der Waals surface area contributed by atoms with E-state index in [4.69, 9.17) is 18.9 Å². The van der Waals surface area contributed by atoms with Crippen LogP contribution in [-0.2, 0) is 20.7 Å². The molecule has 1 aliphatic rings. The van der Waals surface area contributed by atoms with Crippen molar-refractivity contribution in [2.75, 3.05) is 31.4 Å². The number of para-hydroxylation sites is 1. The first-order chi connectivity index (χ1) is 23.2. The number of methoxy groups -OCH3 is 2. The fourth-order valence-corrected chi connectivity index (χ4v) is 5.39. The summed E-state index contributed by atoms with van der Waals surface area (Å²) in [5.74, 6) is -0.168. The number of likely N-dealkylation sites (tertiary alicyclic amines) is 1. The Labute approximate surface area is 278 Å². The molecule has 11 heteroatoms. The molecular formula is C37H37N3O8. The Hall–Kier alpha value is -5.84. The molecule has 4 aromatic carbocycles. The minimum atomic E-state index is -0.900. The molecule has 1 aliphatic heterocycles. The quantitative estimate of drug-likeness (QED) is 0.144. The smallest absolute Gasteiger partial charge is 0.337 e. The van der Waals surface area contributed by atoms with Gasteiger partial charge in [-0.25, -0.2) is 14.4 Å². The molecule has 2 N–H and O–H groups in total. The van der Waals surface area contributed by atoms with Crippen LogP contribution in [0.4, 0.5) is 16.2 Å². The fourth-order valence-electron chi connectivity index (χ4n) is 5.39. The highest BCUT2D eigenvalue weighted by Crippen LogP contribution is 2.28. The predicted molar refractivity (Wildman–Crippen MR) is 179 cm³/mol. The third-order valence-electron chi connectivity index (χ3n) is 7.95. The van der Waals surface area contributed by atoms with E-state index < -0.39 is 24.3 Å². The summed E-state index contributed by atoms with van der Waals surface area (Å²) in [5, 5.41) is 5.66. The van der Waals surface area contributed by atoms with E-state index in [2.05, 4.69) is 10.6 Å². The number of carbonyl (C=O) groups excluding carboxylic acids is 4. The maximum Gasteiger partial charge on any atom is 0.337 e. The van der Waals surface area contributed by atoms with Gasteiger partial charge in [-0.1, -0.05) is 30.3 Å². The van der Waals surface area contributed by atoms with Gasteiger partial charge in [0.05, 0.1) is 31.8 Å². The van der Waals surface area contributed by atoms with Gasteiger partial charge in [0, 0.05) is 17.9 Å².